The van der Waals surface area contributed by atoms with E-state index in [1.165, 1.54) is 18.4 Å². The lowest BCUT2D eigenvalue weighted by Gasteiger charge is -2.64. The van der Waals surface area contributed by atoms with Crippen molar-refractivity contribution in [1.29, 1.82) is 0 Å². The third-order valence-corrected chi connectivity index (χ3v) is 9.98. The monoisotopic (exact) mass is 458 g/mol. The average Bonchev–Trinajstić information content (AvgIpc) is 3.49. The molecule has 0 aromatic heterocycles. The summed E-state index contributed by atoms with van der Waals surface area (Å²) < 4.78 is 6.65. The van der Waals surface area contributed by atoms with Crippen LogP contribution in [0.2, 0.25) is 0 Å². The summed E-state index contributed by atoms with van der Waals surface area (Å²) in [6.07, 6.45) is 5.20. The summed E-state index contributed by atoms with van der Waals surface area (Å²) in [5.74, 6) is 1.52. The summed E-state index contributed by atoms with van der Waals surface area (Å²) in [4.78, 5) is 18.0. The van der Waals surface area contributed by atoms with E-state index in [0.717, 1.165) is 48.5 Å². The predicted octanol–water partition coefficient (Wildman–Crippen LogP) is 2.98. The van der Waals surface area contributed by atoms with Crippen LogP contribution in [0.4, 0.5) is 0 Å². The third kappa shape index (κ3) is 2.22. The molecule has 1 amide bonds. The Morgan fingerprint density at radius 2 is 1.91 bits per heavy atom. The summed E-state index contributed by atoms with van der Waals surface area (Å²) in [6.45, 7) is 2.58. The van der Waals surface area contributed by atoms with Crippen molar-refractivity contribution in [1.82, 2.24) is 9.80 Å². The fraction of sp³-hybridized carbons (Fsp3) is 0.536. The Balaban J connectivity index is 1.26. The van der Waals surface area contributed by atoms with Crippen LogP contribution in [-0.4, -0.2) is 62.8 Å². The zero-order valence-corrected chi connectivity index (χ0v) is 19.2. The van der Waals surface area contributed by atoms with Crippen molar-refractivity contribution >= 4 is 5.91 Å². The topological polar surface area (TPSA) is 73.2 Å². The molecule has 3 heterocycles. The number of carbonyl (C=O) groups excluding carboxylic acids is 1. The first-order valence-corrected chi connectivity index (χ1v) is 12.9. The minimum atomic E-state index is -0.914. The highest BCUT2D eigenvalue weighted by Gasteiger charge is 2.73. The molecule has 2 N–H and O–H groups in total. The average molecular weight is 459 g/mol. The molecule has 3 aliphatic heterocycles. The van der Waals surface area contributed by atoms with Crippen LogP contribution in [0.1, 0.15) is 59.2 Å². The molecule has 6 aliphatic rings. The SMILES string of the molecule is O=C1c2ccccc2CN1[C@@H]1CC[C@@]2(O)[C@H]3Cc4ccc(O)c5c4[C@@]2(CCN3CC2CC2)[C@@H]1O5. The van der Waals surface area contributed by atoms with Gasteiger partial charge in [0, 0.05) is 30.3 Å². The number of aromatic hydroxyl groups is 1. The minimum Gasteiger partial charge on any atom is -0.504 e. The van der Waals surface area contributed by atoms with E-state index >= 15 is 0 Å². The highest BCUT2D eigenvalue weighted by Crippen LogP contribution is 2.66. The lowest BCUT2D eigenvalue weighted by molar-refractivity contribution is -0.198. The molecule has 1 spiro atoms. The maximum atomic E-state index is 13.5. The largest absolute Gasteiger partial charge is 0.504 e. The predicted molar refractivity (Wildman–Crippen MR) is 125 cm³/mol. The van der Waals surface area contributed by atoms with Gasteiger partial charge in [-0.1, -0.05) is 24.3 Å². The number of benzene rings is 2. The fourth-order valence-electron chi connectivity index (χ4n) is 8.32. The standard InChI is InChI=1S/C28H30N2O4/c31-21-8-7-17-13-22-28(33)10-9-20(30-15-18-3-1-2-4-19(18)26(30)32)25-27(28,23(17)24(21)34-25)11-12-29(22)14-16-5-6-16/h1-4,7-8,16,20,22,25,31,33H,5-6,9-15H2/t20-,22-,25-,27+,28-/m1/s1. The van der Waals surface area contributed by atoms with E-state index in [9.17, 15) is 15.0 Å². The molecule has 8 rings (SSSR count). The van der Waals surface area contributed by atoms with E-state index in [0.29, 0.717) is 25.1 Å². The number of likely N-dealkylation sites (tertiary alicyclic amines) is 1. The van der Waals surface area contributed by atoms with Gasteiger partial charge in [0.05, 0.1) is 17.1 Å². The number of piperidine rings is 1. The highest BCUT2D eigenvalue weighted by atomic mass is 16.5. The van der Waals surface area contributed by atoms with Crippen LogP contribution in [0.3, 0.4) is 0 Å². The Labute approximate surface area is 199 Å². The molecule has 3 fully saturated rings. The number of carbonyl (C=O) groups is 1. The Morgan fingerprint density at radius 1 is 1.06 bits per heavy atom. The van der Waals surface area contributed by atoms with E-state index in [1.54, 1.807) is 6.07 Å². The van der Waals surface area contributed by atoms with Gasteiger partial charge in [-0.15, -0.1) is 0 Å². The number of aliphatic hydroxyl groups is 1. The summed E-state index contributed by atoms with van der Waals surface area (Å²) in [6, 6.07) is 11.6. The first-order valence-electron chi connectivity index (χ1n) is 12.9. The molecule has 2 bridgehead atoms. The van der Waals surface area contributed by atoms with E-state index in [4.69, 9.17) is 4.74 Å². The van der Waals surface area contributed by atoms with Gasteiger partial charge in [0.1, 0.15) is 6.10 Å². The van der Waals surface area contributed by atoms with Crippen LogP contribution in [0, 0.1) is 5.92 Å². The van der Waals surface area contributed by atoms with E-state index < -0.39 is 11.0 Å². The Hall–Kier alpha value is -2.57. The van der Waals surface area contributed by atoms with Gasteiger partial charge in [0.2, 0.25) is 0 Å². The van der Waals surface area contributed by atoms with Crippen molar-refractivity contribution in [3.8, 4) is 11.5 Å². The second-order valence-corrected chi connectivity index (χ2v) is 11.5. The highest BCUT2D eigenvalue weighted by molar-refractivity contribution is 5.98. The molecule has 6 heteroatoms. The Bertz CT molecular complexity index is 1240. The molecule has 2 saturated carbocycles. The van der Waals surface area contributed by atoms with Crippen molar-refractivity contribution in [2.24, 2.45) is 5.92 Å². The molecular formula is C28H30N2O4. The maximum Gasteiger partial charge on any atom is 0.254 e. The van der Waals surface area contributed by atoms with Gasteiger partial charge in [-0.2, -0.15) is 0 Å². The first-order chi connectivity index (χ1) is 16.5. The van der Waals surface area contributed by atoms with E-state index in [1.807, 2.05) is 35.2 Å². The molecule has 2 aromatic rings. The van der Waals surface area contributed by atoms with Crippen LogP contribution in [0.5, 0.6) is 11.5 Å². The zero-order chi connectivity index (χ0) is 22.8. The molecule has 2 aromatic carbocycles. The van der Waals surface area contributed by atoms with Crippen molar-refractivity contribution in [2.45, 2.75) is 74.3 Å². The normalized spacial score (nSPS) is 37.4. The Morgan fingerprint density at radius 3 is 2.74 bits per heavy atom. The number of nitrogens with zero attached hydrogens (tertiary/aromatic N) is 2. The molecule has 176 valence electrons. The summed E-state index contributed by atoms with van der Waals surface area (Å²) >= 11 is 0. The van der Waals surface area contributed by atoms with Gasteiger partial charge < -0.3 is 19.8 Å². The lowest BCUT2D eigenvalue weighted by Crippen LogP contribution is -2.78. The number of amides is 1. The summed E-state index contributed by atoms with van der Waals surface area (Å²) in [5, 5.41) is 23.4. The number of hydrogen-bond acceptors (Lipinski definition) is 5. The molecule has 34 heavy (non-hydrogen) atoms. The number of rotatable bonds is 3. The summed E-state index contributed by atoms with van der Waals surface area (Å²) in [5.41, 5.74) is 2.56. The number of ether oxygens (including phenoxy) is 1. The van der Waals surface area contributed by atoms with Gasteiger partial charge in [0.25, 0.3) is 5.91 Å². The molecule has 3 aliphatic carbocycles. The Kier molecular flexibility index (Phi) is 3.68. The van der Waals surface area contributed by atoms with Crippen LogP contribution in [0.15, 0.2) is 36.4 Å². The van der Waals surface area contributed by atoms with Crippen molar-refractivity contribution < 1.29 is 19.7 Å². The number of phenolic OH excluding ortho intramolecular Hbond substituents is 1. The second-order valence-electron chi connectivity index (χ2n) is 11.5. The van der Waals surface area contributed by atoms with Crippen molar-refractivity contribution in [3.63, 3.8) is 0 Å². The molecule has 0 radical (unpaired) electrons. The first kappa shape index (κ1) is 19.7. The van der Waals surface area contributed by atoms with E-state index in [-0.39, 0.29) is 29.8 Å². The van der Waals surface area contributed by atoms with Gasteiger partial charge in [-0.3, -0.25) is 9.69 Å². The summed E-state index contributed by atoms with van der Waals surface area (Å²) in [7, 11) is 0. The van der Waals surface area contributed by atoms with E-state index in [2.05, 4.69) is 4.90 Å². The molecule has 0 unspecified atom stereocenters. The zero-order valence-electron chi connectivity index (χ0n) is 19.2. The lowest BCUT2D eigenvalue weighted by atomic mass is 9.48. The number of phenols is 1. The molecular weight excluding hydrogens is 428 g/mol. The van der Waals surface area contributed by atoms with Crippen molar-refractivity contribution in [3.05, 3.63) is 58.7 Å². The minimum absolute atomic E-state index is 0.0587. The number of hydrogen-bond donors (Lipinski definition) is 2. The number of fused-ring (bicyclic) bond motifs is 1. The second kappa shape index (κ2) is 6.35. The van der Waals surface area contributed by atoms with Gasteiger partial charge in [0.15, 0.2) is 11.5 Å². The third-order valence-electron chi connectivity index (χ3n) is 9.98. The van der Waals surface area contributed by atoms with Gasteiger partial charge in [-0.25, -0.2) is 0 Å². The quantitative estimate of drug-likeness (QED) is 0.740. The molecule has 5 atom stereocenters. The van der Waals surface area contributed by atoms with Crippen LogP contribution < -0.4 is 4.74 Å². The fourth-order valence-corrected chi connectivity index (χ4v) is 8.32. The maximum absolute atomic E-state index is 13.5. The van der Waals surface area contributed by atoms with Gasteiger partial charge >= 0.3 is 0 Å². The molecule has 6 nitrogen and oxygen atoms in total. The van der Waals surface area contributed by atoms with Crippen LogP contribution in [-0.2, 0) is 18.4 Å². The smallest absolute Gasteiger partial charge is 0.254 e. The van der Waals surface area contributed by atoms with Crippen LogP contribution in [0.25, 0.3) is 0 Å². The van der Waals surface area contributed by atoms with Gasteiger partial charge in [-0.05, 0) is 74.2 Å². The molecule has 1 saturated heterocycles. The van der Waals surface area contributed by atoms with Crippen molar-refractivity contribution in [2.75, 3.05) is 13.1 Å². The van der Waals surface area contributed by atoms with Crippen LogP contribution >= 0.6 is 0 Å².